The van der Waals surface area contributed by atoms with Crippen molar-refractivity contribution in [2.75, 3.05) is 7.11 Å². The smallest absolute Gasteiger partial charge is 0.184 e. The number of rotatable bonds is 4. The summed E-state index contributed by atoms with van der Waals surface area (Å²) in [6.07, 6.45) is 1.80. The number of aromatic nitrogens is 2. The summed E-state index contributed by atoms with van der Waals surface area (Å²) in [5.74, 6) is 0.784. The van der Waals surface area contributed by atoms with Crippen molar-refractivity contribution in [2.45, 2.75) is 13.5 Å². The molecule has 2 rings (SSSR count). The maximum Gasteiger partial charge on any atom is 0.184 e. The highest BCUT2D eigenvalue weighted by Gasteiger charge is 2.07. The highest BCUT2D eigenvalue weighted by atomic mass is 16.5. The third-order valence-electron chi connectivity index (χ3n) is 2.49. The molecule has 1 heterocycles. The Bertz CT molecular complexity index is 514. The van der Waals surface area contributed by atoms with Gasteiger partial charge in [-0.1, -0.05) is 0 Å². The van der Waals surface area contributed by atoms with Crippen LogP contribution in [0.3, 0.4) is 0 Å². The van der Waals surface area contributed by atoms with Gasteiger partial charge in [0.1, 0.15) is 12.3 Å². The fourth-order valence-corrected chi connectivity index (χ4v) is 1.57. The molecule has 0 spiro atoms. The number of hydrogen-bond donors (Lipinski definition) is 0. The second-order valence-electron chi connectivity index (χ2n) is 3.81. The van der Waals surface area contributed by atoms with Gasteiger partial charge in [-0.05, 0) is 37.3 Å². The van der Waals surface area contributed by atoms with Crippen LogP contribution in [-0.2, 0) is 6.54 Å². The lowest BCUT2D eigenvalue weighted by Gasteiger charge is -2.03. The molecule has 0 unspecified atom stereocenters. The van der Waals surface area contributed by atoms with Crippen LogP contribution < -0.4 is 4.74 Å². The van der Waals surface area contributed by atoms with E-state index in [2.05, 4.69) is 5.10 Å². The number of aryl methyl sites for hydroxylation is 1. The van der Waals surface area contributed by atoms with Crippen LogP contribution in [0.4, 0.5) is 0 Å². The highest BCUT2D eigenvalue weighted by molar-refractivity contribution is 5.95. The Morgan fingerprint density at radius 2 is 2.00 bits per heavy atom. The molecule has 0 N–H and O–H groups in total. The van der Waals surface area contributed by atoms with Crippen LogP contribution in [0, 0.1) is 6.92 Å². The van der Waals surface area contributed by atoms with Crippen molar-refractivity contribution in [3.8, 4) is 5.75 Å². The second kappa shape index (κ2) is 4.82. The van der Waals surface area contributed by atoms with E-state index < -0.39 is 0 Å². The van der Waals surface area contributed by atoms with Crippen molar-refractivity contribution in [3.05, 3.63) is 47.8 Å². The summed E-state index contributed by atoms with van der Waals surface area (Å²) in [7, 11) is 1.60. The van der Waals surface area contributed by atoms with E-state index in [0.717, 1.165) is 11.4 Å². The first-order valence-corrected chi connectivity index (χ1v) is 5.36. The van der Waals surface area contributed by atoms with E-state index in [-0.39, 0.29) is 12.3 Å². The van der Waals surface area contributed by atoms with Gasteiger partial charge in [0.25, 0.3) is 0 Å². The Morgan fingerprint density at radius 3 is 2.53 bits per heavy atom. The first-order chi connectivity index (χ1) is 8.19. The van der Waals surface area contributed by atoms with Gasteiger partial charge >= 0.3 is 0 Å². The molecule has 4 nitrogen and oxygen atoms in total. The van der Waals surface area contributed by atoms with Crippen LogP contribution in [0.25, 0.3) is 0 Å². The molecule has 0 aliphatic rings. The van der Waals surface area contributed by atoms with Crippen molar-refractivity contribution in [1.29, 1.82) is 0 Å². The minimum atomic E-state index is 0.0377. The topological polar surface area (TPSA) is 44.1 Å². The van der Waals surface area contributed by atoms with Gasteiger partial charge in [-0.3, -0.25) is 9.48 Å². The monoisotopic (exact) mass is 230 g/mol. The quantitative estimate of drug-likeness (QED) is 0.755. The SMILES string of the molecule is COc1ccc(C(=O)Cn2ccc(C)n2)cc1. The van der Waals surface area contributed by atoms with Gasteiger partial charge in [-0.2, -0.15) is 5.10 Å². The molecule has 1 aromatic heterocycles. The number of ketones is 1. The Hall–Kier alpha value is -2.10. The normalized spacial score (nSPS) is 10.2. The first kappa shape index (κ1) is 11.4. The van der Waals surface area contributed by atoms with Crippen LogP contribution in [-0.4, -0.2) is 22.7 Å². The van der Waals surface area contributed by atoms with E-state index in [0.29, 0.717) is 5.56 Å². The van der Waals surface area contributed by atoms with Gasteiger partial charge < -0.3 is 4.74 Å². The summed E-state index contributed by atoms with van der Waals surface area (Å²) >= 11 is 0. The summed E-state index contributed by atoms with van der Waals surface area (Å²) in [6.45, 7) is 2.16. The van der Waals surface area contributed by atoms with Gasteiger partial charge in [0.2, 0.25) is 0 Å². The first-order valence-electron chi connectivity index (χ1n) is 5.36. The van der Waals surface area contributed by atoms with Crippen molar-refractivity contribution in [2.24, 2.45) is 0 Å². The lowest BCUT2D eigenvalue weighted by molar-refractivity contribution is 0.0967. The molecule has 0 saturated heterocycles. The number of carbonyl (C=O) groups is 1. The molecule has 0 saturated carbocycles. The summed E-state index contributed by atoms with van der Waals surface area (Å²) < 4.78 is 6.68. The van der Waals surface area contributed by atoms with Gasteiger partial charge in [0.15, 0.2) is 5.78 Å². The molecule has 88 valence electrons. The third-order valence-corrected chi connectivity index (χ3v) is 2.49. The molecular weight excluding hydrogens is 216 g/mol. The summed E-state index contributed by atoms with van der Waals surface area (Å²) in [4.78, 5) is 11.9. The van der Waals surface area contributed by atoms with E-state index in [1.165, 1.54) is 0 Å². The molecule has 17 heavy (non-hydrogen) atoms. The zero-order valence-corrected chi connectivity index (χ0v) is 9.88. The van der Waals surface area contributed by atoms with Crippen LogP contribution in [0.1, 0.15) is 16.1 Å². The zero-order chi connectivity index (χ0) is 12.3. The van der Waals surface area contributed by atoms with Gasteiger partial charge in [0, 0.05) is 11.8 Å². The summed E-state index contributed by atoms with van der Waals surface area (Å²) in [6, 6.07) is 8.96. The molecule has 2 aromatic rings. The zero-order valence-electron chi connectivity index (χ0n) is 9.88. The highest BCUT2D eigenvalue weighted by Crippen LogP contribution is 2.12. The maximum absolute atomic E-state index is 11.9. The van der Waals surface area contributed by atoms with E-state index in [9.17, 15) is 4.79 Å². The van der Waals surface area contributed by atoms with E-state index in [1.807, 2.05) is 13.0 Å². The van der Waals surface area contributed by atoms with Crippen LogP contribution in [0.15, 0.2) is 36.5 Å². The fourth-order valence-electron chi connectivity index (χ4n) is 1.57. The predicted octanol–water partition coefficient (Wildman–Crippen LogP) is 2.08. The number of ether oxygens (including phenoxy) is 1. The van der Waals surface area contributed by atoms with Gasteiger partial charge in [-0.25, -0.2) is 0 Å². The number of benzene rings is 1. The number of Topliss-reactive ketones (excluding diaryl/α,β-unsaturated/α-hetero) is 1. The van der Waals surface area contributed by atoms with E-state index >= 15 is 0 Å². The number of methoxy groups -OCH3 is 1. The van der Waals surface area contributed by atoms with Gasteiger partial charge in [0.05, 0.1) is 12.8 Å². The molecule has 0 atom stereocenters. The molecule has 0 fully saturated rings. The summed E-state index contributed by atoms with van der Waals surface area (Å²) in [5, 5.41) is 4.18. The van der Waals surface area contributed by atoms with Crippen molar-refractivity contribution in [1.82, 2.24) is 9.78 Å². The minimum absolute atomic E-state index is 0.0377. The molecule has 0 amide bonds. The second-order valence-corrected chi connectivity index (χ2v) is 3.81. The van der Waals surface area contributed by atoms with Crippen molar-refractivity contribution < 1.29 is 9.53 Å². The van der Waals surface area contributed by atoms with E-state index in [1.54, 1.807) is 42.3 Å². The average molecular weight is 230 g/mol. The number of hydrogen-bond acceptors (Lipinski definition) is 3. The lowest BCUT2D eigenvalue weighted by atomic mass is 10.1. The molecule has 0 aliphatic heterocycles. The Kier molecular flexibility index (Phi) is 3.23. The average Bonchev–Trinajstić information content (AvgIpc) is 2.75. The minimum Gasteiger partial charge on any atom is -0.497 e. The molecule has 0 bridgehead atoms. The van der Waals surface area contributed by atoms with Crippen LogP contribution in [0.5, 0.6) is 5.75 Å². The number of nitrogens with zero attached hydrogens (tertiary/aromatic N) is 2. The van der Waals surface area contributed by atoms with Crippen LogP contribution >= 0.6 is 0 Å². The maximum atomic E-state index is 11.9. The van der Waals surface area contributed by atoms with Crippen LogP contribution in [0.2, 0.25) is 0 Å². The lowest BCUT2D eigenvalue weighted by Crippen LogP contribution is -2.10. The Morgan fingerprint density at radius 1 is 1.29 bits per heavy atom. The largest absolute Gasteiger partial charge is 0.497 e. The number of carbonyl (C=O) groups excluding carboxylic acids is 1. The Balaban J connectivity index is 2.09. The molecule has 0 radical (unpaired) electrons. The standard InChI is InChI=1S/C13H14N2O2/c1-10-7-8-15(14-10)9-13(16)11-3-5-12(17-2)6-4-11/h3-8H,9H2,1-2H3. The molecular formula is C13H14N2O2. The van der Waals surface area contributed by atoms with Gasteiger partial charge in [-0.15, -0.1) is 0 Å². The molecule has 1 aromatic carbocycles. The molecule has 0 aliphatic carbocycles. The summed E-state index contributed by atoms with van der Waals surface area (Å²) in [5.41, 5.74) is 1.58. The van der Waals surface area contributed by atoms with Crippen molar-refractivity contribution >= 4 is 5.78 Å². The van der Waals surface area contributed by atoms with E-state index in [4.69, 9.17) is 4.74 Å². The molecule has 4 heteroatoms. The predicted molar refractivity (Wildman–Crippen MR) is 64.3 cm³/mol. The third kappa shape index (κ3) is 2.72. The fraction of sp³-hybridized carbons (Fsp3) is 0.231. The Labute approximate surface area is 99.8 Å². The van der Waals surface area contributed by atoms with Crippen molar-refractivity contribution in [3.63, 3.8) is 0 Å².